The van der Waals surface area contributed by atoms with E-state index in [4.69, 9.17) is 4.74 Å². The topological polar surface area (TPSA) is 83.8 Å². The number of carbonyl (C=O) groups excluding carboxylic acids is 2. The Morgan fingerprint density at radius 3 is 2.48 bits per heavy atom. The summed E-state index contributed by atoms with van der Waals surface area (Å²) in [5.41, 5.74) is 0.217. The third-order valence-electron chi connectivity index (χ3n) is 5.00. The monoisotopic (exact) mass is 354 g/mol. The highest BCUT2D eigenvalue weighted by Gasteiger charge is 2.45. The lowest BCUT2D eigenvalue weighted by molar-refractivity contribution is -0.218. The minimum Gasteiger partial charge on any atom is -0.461 e. The number of rotatable bonds is 0. The summed E-state index contributed by atoms with van der Waals surface area (Å²) in [6.07, 6.45) is 6.08. The standard InChI is InChI=1S/C20H34O5/c1-14-8-6-9-15(2)12-16(3)17(21)19(4,5)13-20(23,24)18(22)25-11-7-10-14/h10,15-16,23-24H,6-9,11-13H2,1-5H3/b14-10-. The summed E-state index contributed by atoms with van der Waals surface area (Å²) in [5.74, 6) is -3.56. The molecule has 1 heterocycles. The van der Waals surface area contributed by atoms with Crippen molar-refractivity contribution in [1.82, 2.24) is 0 Å². The number of ether oxygens (including phenoxy) is 1. The molecule has 0 saturated carbocycles. The van der Waals surface area contributed by atoms with E-state index in [0.29, 0.717) is 12.3 Å². The molecule has 0 aromatic heterocycles. The summed E-state index contributed by atoms with van der Waals surface area (Å²) in [6.45, 7) is 9.48. The number of ketones is 1. The summed E-state index contributed by atoms with van der Waals surface area (Å²) in [6, 6.07) is 0. The average molecular weight is 354 g/mol. The molecule has 0 radical (unpaired) electrons. The Kier molecular flexibility index (Phi) is 7.82. The molecule has 2 atom stereocenters. The maximum absolute atomic E-state index is 12.8. The van der Waals surface area contributed by atoms with Crippen molar-refractivity contribution in [2.45, 2.75) is 78.9 Å². The van der Waals surface area contributed by atoms with Gasteiger partial charge in [0.2, 0.25) is 0 Å². The normalized spacial score (nSPS) is 31.7. The van der Waals surface area contributed by atoms with Crippen LogP contribution in [0.3, 0.4) is 0 Å². The second kappa shape index (κ2) is 8.95. The van der Waals surface area contributed by atoms with Gasteiger partial charge in [0.25, 0.3) is 5.79 Å². The maximum atomic E-state index is 12.8. The van der Waals surface area contributed by atoms with Gasteiger partial charge in [-0.25, -0.2) is 4.79 Å². The Balaban J connectivity index is 2.97. The zero-order chi connectivity index (χ0) is 19.3. The van der Waals surface area contributed by atoms with Crippen molar-refractivity contribution in [2.75, 3.05) is 6.61 Å². The Labute approximate surface area is 151 Å². The number of Topliss-reactive ketones (excluding diaryl/α,β-unsaturated/α-hetero) is 1. The van der Waals surface area contributed by atoms with E-state index in [9.17, 15) is 19.8 Å². The summed E-state index contributed by atoms with van der Waals surface area (Å²) >= 11 is 0. The summed E-state index contributed by atoms with van der Waals surface area (Å²) in [5, 5.41) is 20.2. The number of esters is 1. The quantitative estimate of drug-likeness (QED) is 0.396. The van der Waals surface area contributed by atoms with E-state index in [1.165, 1.54) is 5.57 Å². The first kappa shape index (κ1) is 21.8. The van der Waals surface area contributed by atoms with Crippen LogP contribution in [0.4, 0.5) is 0 Å². The predicted octanol–water partition coefficient (Wildman–Crippen LogP) is 3.38. The third-order valence-corrected chi connectivity index (χ3v) is 5.00. The summed E-state index contributed by atoms with van der Waals surface area (Å²) in [7, 11) is 0. The van der Waals surface area contributed by atoms with Crippen molar-refractivity contribution in [3.05, 3.63) is 11.6 Å². The van der Waals surface area contributed by atoms with E-state index in [2.05, 4.69) is 6.92 Å². The number of allylic oxidation sites excluding steroid dienone is 1. The minimum atomic E-state index is -2.65. The van der Waals surface area contributed by atoms with Gasteiger partial charge in [0.05, 0.1) is 6.61 Å². The Bertz CT molecular complexity index is 504. The number of hydrogen-bond donors (Lipinski definition) is 2. The van der Waals surface area contributed by atoms with Gasteiger partial charge in [-0.05, 0) is 38.5 Å². The van der Waals surface area contributed by atoms with Crippen molar-refractivity contribution >= 4 is 11.8 Å². The number of carbonyl (C=O) groups is 2. The van der Waals surface area contributed by atoms with Gasteiger partial charge in [-0.2, -0.15) is 0 Å². The fourth-order valence-electron chi connectivity index (χ4n) is 3.67. The van der Waals surface area contributed by atoms with Crippen LogP contribution in [0.25, 0.3) is 0 Å². The smallest absolute Gasteiger partial charge is 0.366 e. The van der Waals surface area contributed by atoms with E-state index < -0.39 is 17.2 Å². The van der Waals surface area contributed by atoms with Gasteiger partial charge in [-0.1, -0.05) is 45.8 Å². The van der Waals surface area contributed by atoms with E-state index in [1.807, 2.05) is 19.9 Å². The lowest BCUT2D eigenvalue weighted by atomic mass is 9.74. The molecule has 25 heavy (non-hydrogen) atoms. The molecule has 2 N–H and O–H groups in total. The van der Waals surface area contributed by atoms with Crippen LogP contribution in [-0.4, -0.2) is 34.4 Å². The van der Waals surface area contributed by atoms with Gasteiger partial charge in [0.15, 0.2) is 0 Å². The van der Waals surface area contributed by atoms with Crippen LogP contribution in [0.5, 0.6) is 0 Å². The highest BCUT2D eigenvalue weighted by Crippen LogP contribution is 2.33. The SMILES string of the molecule is C/C1=C/CCOC(=O)C(O)(O)CC(C)(C)C(=O)C(C)CC(C)CCC1. The molecule has 5 heteroatoms. The van der Waals surface area contributed by atoms with Gasteiger partial charge in [0.1, 0.15) is 5.78 Å². The molecule has 1 aliphatic rings. The first-order valence-corrected chi connectivity index (χ1v) is 9.27. The number of cyclic esters (lactones) is 1. The fraction of sp³-hybridized carbons (Fsp3) is 0.800. The van der Waals surface area contributed by atoms with Crippen LogP contribution in [0.15, 0.2) is 11.6 Å². The Morgan fingerprint density at radius 2 is 1.84 bits per heavy atom. The third kappa shape index (κ3) is 6.90. The van der Waals surface area contributed by atoms with Crippen LogP contribution in [0, 0.1) is 17.3 Å². The highest BCUT2D eigenvalue weighted by atomic mass is 16.6. The highest BCUT2D eigenvalue weighted by molar-refractivity contribution is 5.87. The Morgan fingerprint density at radius 1 is 1.20 bits per heavy atom. The van der Waals surface area contributed by atoms with E-state index >= 15 is 0 Å². The van der Waals surface area contributed by atoms with Gasteiger partial charge in [-0.3, -0.25) is 4.79 Å². The van der Waals surface area contributed by atoms with Gasteiger partial charge in [0, 0.05) is 17.8 Å². The summed E-state index contributed by atoms with van der Waals surface area (Å²) < 4.78 is 4.98. The molecule has 0 aromatic rings. The van der Waals surface area contributed by atoms with Crippen LogP contribution < -0.4 is 0 Å². The minimum absolute atomic E-state index is 0.0530. The molecule has 1 rings (SSSR count). The molecule has 0 spiro atoms. The second-order valence-corrected chi connectivity index (χ2v) is 8.35. The molecule has 0 bridgehead atoms. The number of hydrogen-bond acceptors (Lipinski definition) is 5. The molecule has 2 unspecified atom stereocenters. The van der Waals surface area contributed by atoms with Crippen LogP contribution in [-0.2, 0) is 14.3 Å². The van der Waals surface area contributed by atoms with Crippen molar-refractivity contribution in [3.63, 3.8) is 0 Å². The first-order valence-electron chi connectivity index (χ1n) is 9.27. The van der Waals surface area contributed by atoms with Crippen molar-refractivity contribution in [3.8, 4) is 0 Å². The van der Waals surface area contributed by atoms with Gasteiger partial charge < -0.3 is 14.9 Å². The largest absolute Gasteiger partial charge is 0.461 e. The van der Waals surface area contributed by atoms with Crippen LogP contribution in [0.1, 0.15) is 73.1 Å². The average Bonchev–Trinajstić information content (AvgIpc) is 2.48. The zero-order valence-corrected chi connectivity index (χ0v) is 16.3. The van der Waals surface area contributed by atoms with Gasteiger partial charge in [-0.15, -0.1) is 0 Å². The zero-order valence-electron chi connectivity index (χ0n) is 16.3. The lowest BCUT2D eigenvalue weighted by Crippen LogP contribution is -2.46. The summed E-state index contributed by atoms with van der Waals surface area (Å²) in [4.78, 5) is 24.8. The molecule has 1 aliphatic heterocycles. The van der Waals surface area contributed by atoms with E-state index in [1.54, 1.807) is 13.8 Å². The molecular formula is C20H34O5. The molecular weight excluding hydrogens is 320 g/mol. The van der Waals surface area contributed by atoms with E-state index in [0.717, 1.165) is 25.7 Å². The molecule has 0 amide bonds. The van der Waals surface area contributed by atoms with Crippen molar-refractivity contribution < 1.29 is 24.5 Å². The van der Waals surface area contributed by atoms with Crippen molar-refractivity contribution in [2.24, 2.45) is 17.3 Å². The van der Waals surface area contributed by atoms with Crippen LogP contribution >= 0.6 is 0 Å². The van der Waals surface area contributed by atoms with Gasteiger partial charge >= 0.3 is 5.97 Å². The fourth-order valence-corrected chi connectivity index (χ4v) is 3.67. The molecule has 5 nitrogen and oxygen atoms in total. The molecule has 0 fully saturated rings. The molecule has 0 aromatic carbocycles. The van der Waals surface area contributed by atoms with E-state index in [-0.39, 0.29) is 24.7 Å². The number of aliphatic hydroxyl groups is 2. The lowest BCUT2D eigenvalue weighted by Gasteiger charge is -2.32. The first-order chi connectivity index (χ1) is 11.5. The molecule has 0 saturated heterocycles. The maximum Gasteiger partial charge on any atom is 0.366 e. The predicted molar refractivity (Wildman–Crippen MR) is 96.7 cm³/mol. The molecule has 144 valence electrons. The van der Waals surface area contributed by atoms with Crippen LogP contribution in [0.2, 0.25) is 0 Å². The Hall–Kier alpha value is -1.20. The second-order valence-electron chi connectivity index (χ2n) is 8.35. The molecule has 0 aliphatic carbocycles. The van der Waals surface area contributed by atoms with Crippen molar-refractivity contribution in [1.29, 1.82) is 0 Å².